The van der Waals surface area contributed by atoms with Crippen molar-refractivity contribution in [2.75, 3.05) is 0 Å². The van der Waals surface area contributed by atoms with Crippen LogP contribution in [0.1, 0.15) is 57.7 Å². The SMILES string of the molecule is CC(Sc1nnc(CCC(N)=O)n1C)C(=O)NC1CCCCCC1. The van der Waals surface area contributed by atoms with Crippen LogP contribution >= 0.6 is 11.8 Å². The lowest BCUT2D eigenvalue weighted by Crippen LogP contribution is -2.39. The molecule has 1 unspecified atom stereocenters. The third-order valence-electron chi connectivity index (χ3n) is 4.37. The molecule has 2 amide bonds. The zero-order chi connectivity index (χ0) is 17.5. The second kappa shape index (κ2) is 9.05. The fourth-order valence-corrected chi connectivity index (χ4v) is 3.70. The van der Waals surface area contributed by atoms with E-state index in [1.165, 1.54) is 37.4 Å². The Kier molecular flexibility index (Phi) is 7.08. The minimum atomic E-state index is -0.358. The van der Waals surface area contributed by atoms with Gasteiger partial charge in [-0.1, -0.05) is 37.4 Å². The van der Waals surface area contributed by atoms with Crippen LogP contribution in [0, 0.1) is 0 Å². The number of carbonyl (C=O) groups is 2. The van der Waals surface area contributed by atoms with Crippen LogP contribution in [-0.2, 0) is 23.1 Å². The molecule has 1 atom stereocenters. The Balaban J connectivity index is 1.87. The first kappa shape index (κ1) is 18.8. The summed E-state index contributed by atoms with van der Waals surface area (Å²) in [5, 5.41) is 11.8. The van der Waals surface area contributed by atoms with E-state index in [0.717, 1.165) is 12.8 Å². The number of thioether (sulfide) groups is 1. The normalized spacial score (nSPS) is 17.2. The third-order valence-corrected chi connectivity index (χ3v) is 5.51. The van der Waals surface area contributed by atoms with Gasteiger partial charge in [0.1, 0.15) is 5.82 Å². The second-order valence-corrected chi connectivity index (χ2v) is 7.69. The van der Waals surface area contributed by atoms with Gasteiger partial charge in [0.2, 0.25) is 11.8 Å². The number of carbonyl (C=O) groups excluding carboxylic acids is 2. The average molecular weight is 353 g/mol. The maximum atomic E-state index is 12.4. The molecule has 1 aromatic heterocycles. The molecule has 0 aromatic carbocycles. The summed E-state index contributed by atoms with van der Waals surface area (Å²) in [6.07, 6.45) is 7.77. The Morgan fingerprint density at radius 1 is 1.29 bits per heavy atom. The maximum absolute atomic E-state index is 12.4. The third kappa shape index (κ3) is 5.51. The summed E-state index contributed by atoms with van der Waals surface area (Å²) in [5.74, 6) is 0.393. The molecule has 0 bridgehead atoms. The van der Waals surface area contributed by atoms with Crippen molar-refractivity contribution < 1.29 is 9.59 Å². The van der Waals surface area contributed by atoms with Crippen molar-refractivity contribution in [1.29, 1.82) is 0 Å². The van der Waals surface area contributed by atoms with Crippen LogP contribution in [-0.4, -0.2) is 37.9 Å². The van der Waals surface area contributed by atoms with Gasteiger partial charge in [0.15, 0.2) is 5.16 Å². The molecule has 1 heterocycles. The largest absolute Gasteiger partial charge is 0.370 e. The van der Waals surface area contributed by atoms with Crippen molar-refractivity contribution in [1.82, 2.24) is 20.1 Å². The highest BCUT2D eigenvalue weighted by Crippen LogP contribution is 2.23. The van der Waals surface area contributed by atoms with E-state index in [-0.39, 0.29) is 23.5 Å². The number of nitrogens with zero attached hydrogens (tertiary/aromatic N) is 3. The monoisotopic (exact) mass is 353 g/mol. The van der Waals surface area contributed by atoms with Crippen LogP contribution in [0.5, 0.6) is 0 Å². The molecule has 3 N–H and O–H groups in total. The summed E-state index contributed by atoms with van der Waals surface area (Å²) in [6, 6.07) is 0.300. The Hall–Kier alpha value is -1.57. The number of nitrogens with two attached hydrogens (primary N) is 1. The summed E-state index contributed by atoms with van der Waals surface area (Å²) in [5.41, 5.74) is 5.16. The first-order valence-corrected chi connectivity index (χ1v) is 9.49. The van der Waals surface area contributed by atoms with Gasteiger partial charge >= 0.3 is 0 Å². The second-order valence-electron chi connectivity index (χ2n) is 6.38. The molecular weight excluding hydrogens is 326 g/mol. The quantitative estimate of drug-likeness (QED) is 0.572. The van der Waals surface area contributed by atoms with Crippen LogP contribution in [0.4, 0.5) is 0 Å². The number of nitrogens with one attached hydrogen (secondary N) is 1. The molecule has 0 spiro atoms. The number of rotatable bonds is 7. The number of amides is 2. The highest BCUT2D eigenvalue weighted by molar-refractivity contribution is 8.00. The van der Waals surface area contributed by atoms with Crippen LogP contribution in [0.3, 0.4) is 0 Å². The molecule has 0 aliphatic heterocycles. The first-order chi connectivity index (χ1) is 11.5. The van der Waals surface area contributed by atoms with E-state index >= 15 is 0 Å². The molecule has 1 fully saturated rings. The standard InChI is InChI=1S/C16H27N5O2S/c1-11(15(23)18-12-7-5-3-4-6-8-12)24-16-20-19-14(21(16)2)10-9-13(17)22/h11-12H,3-10H2,1-2H3,(H2,17,22)(H,18,23). The molecule has 7 nitrogen and oxygen atoms in total. The Labute approximate surface area is 147 Å². The number of hydrogen-bond acceptors (Lipinski definition) is 5. The minimum Gasteiger partial charge on any atom is -0.370 e. The molecule has 0 saturated heterocycles. The van der Waals surface area contributed by atoms with Gasteiger partial charge in [0.05, 0.1) is 5.25 Å². The molecule has 1 aliphatic carbocycles. The minimum absolute atomic E-state index is 0.0496. The summed E-state index contributed by atoms with van der Waals surface area (Å²) < 4.78 is 1.82. The lowest BCUT2D eigenvalue weighted by atomic mass is 10.1. The Bertz CT molecular complexity index is 567. The number of aromatic nitrogens is 3. The van der Waals surface area contributed by atoms with Gasteiger partial charge in [-0.2, -0.15) is 0 Å². The van der Waals surface area contributed by atoms with Gasteiger partial charge in [-0.25, -0.2) is 0 Å². The van der Waals surface area contributed by atoms with E-state index in [4.69, 9.17) is 5.73 Å². The highest BCUT2D eigenvalue weighted by Gasteiger charge is 2.22. The zero-order valence-corrected chi connectivity index (χ0v) is 15.3. The summed E-state index contributed by atoms with van der Waals surface area (Å²) in [7, 11) is 1.84. The summed E-state index contributed by atoms with van der Waals surface area (Å²) >= 11 is 1.39. The molecule has 1 aromatic rings. The molecule has 24 heavy (non-hydrogen) atoms. The molecule has 1 saturated carbocycles. The van der Waals surface area contributed by atoms with E-state index in [0.29, 0.717) is 23.4 Å². The van der Waals surface area contributed by atoms with Crippen molar-refractivity contribution in [2.45, 2.75) is 74.7 Å². The van der Waals surface area contributed by atoms with Crippen LogP contribution in [0.15, 0.2) is 5.16 Å². The van der Waals surface area contributed by atoms with Crippen LogP contribution < -0.4 is 11.1 Å². The Morgan fingerprint density at radius 2 is 1.96 bits per heavy atom. The van der Waals surface area contributed by atoms with Gasteiger partial charge < -0.3 is 15.6 Å². The molecular formula is C16H27N5O2S. The van der Waals surface area contributed by atoms with Crippen molar-refractivity contribution in [3.05, 3.63) is 5.82 Å². The summed E-state index contributed by atoms with van der Waals surface area (Å²) in [4.78, 5) is 23.3. The van der Waals surface area contributed by atoms with Gasteiger partial charge in [0, 0.05) is 25.9 Å². The van der Waals surface area contributed by atoms with Crippen molar-refractivity contribution in [2.24, 2.45) is 12.8 Å². The maximum Gasteiger partial charge on any atom is 0.233 e. The molecule has 2 rings (SSSR count). The number of primary amides is 1. The van der Waals surface area contributed by atoms with E-state index in [2.05, 4.69) is 15.5 Å². The van der Waals surface area contributed by atoms with Gasteiger partial charge in [-0.05, 0) is 19.8 Å². The van der Waals surface area contributed by atoms with Gasteiger partial charge in [0.25, 0.3) is 0 Å². The highest BCUT2D eigenvalue weighted by atomic mass is 32.2. The topological polar surface area (TPSA) is 103 Å². The van der Waals surface area contributed by atoms with Crippen LogP contribution in [0.2, 0.25) is 0 Å². The summed E-state index contributed by atoms with van der Waals surface area (Å²) in [6.45, 7) is 1.88. The molecule has 134 valence electrons. The first-order valence-electron chi connectivity index (χ1n) is 8.61. The number of aryl methyl sites for hydroxylation is 1. The van der Waals surface area contributed by atoms with E-state index in [9.17, 15) is 9.59 Å². The fraction of sp³-hybridized carbons (Fsp3) is 0.750. The molecule has 8 heteroatoms. The molecule has 0 radical (unpaired) electrons. The lowest BCUT2D eigenvalue weighted by Gasteiger charge is -2.19. The predicted octanol–water partition coefficient (Wildman–Crippen LogP) is 1.55. The predicted molar refractivity (Wildman–Crippen MR) is 93.5 cm³/mol. The Morgan fingerprint density at radius 3 is 2.58 bits per heavy atom. The van der Waals surface area contributed by atoms with E-state index in [1.54, 1.807) is 0 Å². The lowest BCUT2D eigenvalue weighted by molar-refractivity contribution is -0.121. The van der Waals surface area contributed by atoms with Gasteiger partial charge in [-0.15, -0.1) is 10.2 Å². The number of hydrogen-bond donors (Lipinski definition) is 2. The van der Waals surface area contributed by atoms with E-state index in [1.807, 2.05) is 18.5 Å². The average Bonchev–Trinajstić information content (AvgIpc) is 2.74. The fourth-order valence-electron chi connectivity index (χ4n) is 2.85. The van der Waals surface area contributed by atoms with Gasteiger partial charge in [-0.3, -0.25) is 9.59 Å². The van der Waals surface area contributed by atoms with Crippen molar-refractivity contribution in [3.8, 4) is 0 Å². The van der Waals surface area contributed by atoms with Crippen LogP contribution in [0.25, 0.3) is 0 Å². The van der Waals surface area contributed by atoms with E-state index < -0.39 is 0 Å². The zero-order valence-electron chi connectivity index (χ0n) is 14.5. The molecule has 1 aliphatic rings. The van der Waals surface area contributed by atoms with Crippen molar-refractivity contribution >= 4 is 23.6 Å². The van der Waals surface area contributed by atoms with Crippen molar-refractivity contribution in [3.63, 3.8) is 0 Å². The smallest absolute Gasteiger partial charge is 0.233 e.